The van der Waals surface area contributed by atoms with E-state index in [9.17, 15) is 0 Å². The van der Waals surface area contributed by atoms with Gasteiger partial charge in [0, 0.05) is 26.2 Å². The Bertz CT molecular complexity index is 409. The van der Waals surface area contributed by atoms with Crippen LogP contribution in [0.5, 0.6) is 5.75 Å². The minimum atomic E-state index is 0.576. The van der Waals surface area contributed by atoms with Gasteiger partial charge in [-0.15, -0.1) is 0 Å². The smallest absolute Gasteiger partial charge is 0.119 e. The highest BCUT2D eigenvalue weighted by atomic mass is 16.5. The maximum Gasteiger partial charge on any atom is 0.119 e. The average Bonchev–Trinajstić information content (AvgIpc) is 3.00. The van der Waals surface area contributed by atoms with Gasteiger partial charge in [-0.05, 0) is 42.4 Å². The molecule has 0 spiro atoms. The SMILES string of the molecule is NCc1cccc(OCCN2CC3CCCC3C2)c1. The number of benzene rings is 1. The van der Waals surface area contributed by atoms with Gasteiger partial charge < -0.3 is 10.5 Å². The number of rotatable bonds is 5. The van der Waals surface area contributed by atoms with Crippen molar-refractivity contribution < 1.29 is 4.74 Å². The van der Waals surface area contributed by atoms with E-state index < -0.39 is 0 Å². The molecule has 1 saturated heterocycles. The molecule has 1 aliphatic heterocycles. The second-order valence-electron chi connectivity index (χ2n) is 5.91. The Balaban J connectivity index is 1.43. The summed E-state index contributed by atoms with van der Waals surface area (Å²) in [6, 6.07) is 8.10. The maximum atomic E-state index is 5.84. The first-order chi connectivity index (χ1) is 9.35. The quantitative estimate of drug-likeness (QED) is 0.882. The summed E-state index contributed by atoms with van der Waals surface area (Å²) in [4.78, 5) is 2.57. The molecule has 2 aliphatic rings. The van der Waals surface area contributed by atoms with Crippen LogP contribution in [-0.2, 0) is 6.54 Å². The molecule has 1 saturated carbocycles. The van der Waals surface area contributed by atoms with Crippen LogP contribution in [0.2, 0.25) is 0 Å². The summed E-state index contributed by atoms with van der Waals surface area (Å²) in [6.45, 7) is 4.99. The van der Waals surface area contributed by atoms with E-state index >= 15 is 0 Å². The van der Waals surface area contributed by atoms with Crippen molar-refractivity contribution in [3.05, 3.63) is 29.8 Å². The summed E-state index contributed by atoms with van der Waals surface area (Å²) >= 11 is 0. The zero-order valence-electron chi connectivity index (χ0n) is 11.6. The standard InChI is InChI=1S/C16H24N2O/c17-10-13-3-1-6-16(9-13)19-8-7-18-11-14-4-2-5-15(14)12-18/h1,3,6,9,14-15H,2,4-5,7-8,10-12,17H2. The molecule has 19 heavy (non-hydrogen) atoms. The fourth-order valence-electron chi connectivity index (χ4n) is 3.57. The van der Waals surface area contributed by atoms with Gasteiger partial charge in [-0.3, -0.25) is 4.90 Å². The van der Waals surface area contributed by atoms with Gasteiger partial charge >= 0.3 is 0 Å². The third kappa shape index (κ3) is 3.10. The lowest BCUT2D eigenvalue weighted by Crippen LogP contribution is -2.27. The summed E-state index contributed by atoms with van der Waals surface area (Å²) in [7, 11) is 0. The predicted molar refractivity (Wildman–Crippen MR) is 77.1 cm³/mol. The Kier molecular flexibility index (Phi) is 4.04. The summed E-state index contributed by atoms with van der Waals surface area (Å²) in [5, 5.41) is 0. The van der Waals surface area contributed by atoms with E-state index in [1.54, 1.807) is 0 Å². The Hall–Kier alpha value is -1.06. The Morgan fingerprint density at radius 2 is 2.00 bits per heavy atom. The van der Waals surface area contributed by atoms with Gasteiger partial charge in [0.1, 0.15) is 12.4 Å². The summed E-state index contributed by atoms with van der Waals surface area (Å²) < 4.78 is 5.84. The third-order valence-electron chi connectivity index (χ3n) is 4.61. The number of ether oxygens (including phenoxy) is 1. The first kappa shape index (κ1) is 12.9. The Morgan fingerprint density at radius 1 is 1.21 bits per heavy atom. The molecule has 2 unspecified atom stereocenters. The van der Waals surface area contributed by atoms with Gasteiger partial charge in [0.05, 0.1) is 0 Å². The first-order valence-electron chi connectivity index (χ1n) is 7.49. The van der Waals surface area contributed by atoms with E-state index in [0.717, 1.165) is 36.3 Å². The molecule has 1 aromatic carbocycles. The summed E-state index contributed by atoms with van der Waals surface area (Å²) in [5.41, 5.74) is 6.77. The number of nitrogens with two attached hydrogens (primary N) is 1. The van der Waals surface area contributed by atoms with E-state index in [4.69, 9.17) is 10.5 Å². The Morgan fingerprint density at radius 3 is 2.74 bits per heavy atom. The number of hydrogen-bond donors (Lipinski definition) is 1. The van der Waals surface area contributed by atoms with Crippen LogP contribution in [0, 0.1) is 11.8 Å². The van der Waals surface area contributed by atoms with Crippen molar-refractivity contribution >= 4 is 0 Å². The number of likely N-dealkylation sites (tertiary alicyclic amines) is 1. The molecule has 0 amide bonds. The number of nitrogens with zero attached hydrogens (tertiary/aromatic N) is 1. The lowest BCUT2D eigenvalue weighted by Gasteiger charge is -2.17. The topological polar surface area (TPSA) is 38.5 Å². The van der Waals surface area contributed by atoms with Gasteiger partial charge in [-0.2, -0.15) is 0 Å². The monoisotopic (exact) mass is 260 g/mol. The zero-order valence-corrected chi connectivity index (χ0v) is 11.6. The van der Waals surface area contributed by atoms with Gasteiger partial charge in [0.15, 0.2) is 0 Å². The van der Waals surface area contributed by atoms with Crippen molar-refractivity contribution in [1.82, 2.24) is 4.90 Å². The predicted octanol–water partition coefficient (Wildman–Crippen LogP) is 2.26. The van der Waals surface area contributed by atoms with Crippen molar-refractivity contribution in [2.24, 2.45) is 17.6 Å². The number of hydrogen-bond acceptors (Lipinski definition) is 3. The van der Waals surface area contributed by atoms with Crippen molar-refractivity contribution in [2.45, 2.75) is 25.8 Å². The van der Waals surface area contributed by atoms with Gasteiger partial charge in [0.2, 0.25) is 0 Å². The first-order valence-corrected chi connectivity index (χ1v) is 7.49. The van der Waals surface area contributed by atoms with Crippen LogP contribution in [-0.4, -0.2) is 31.1 Å². The molecule has 3 rings (SSSR count). The maximum absolute atomic E-state index is 5.84. The molecule has 2 N–H and O–H groups in total. The molecule has 1 heterocycles. The second-order valence-corrected chi connectivity index (χ2v) is 5.91. The van der Waals surface area contributed by atoms with E-state index in [2.05, 4.69) is 4.90 Å². The molecule has 1 aromatic rings. The van der Waals surface area contributed by atoms with E-state index in [1.165, 1.54) is 32.4 Å². The highest BCUT2D eigenvalue weighted by molar-refractivity contribution is 5.28. The minimum Gasteiger partial charge on any atom is -0.492 e. The molecule has 0 bridgehead atoms. The van der Waals surface area contributed by atoms with Crippen LogP contribution in [0.1, 0.15) is 24.8 Å². The minimum absolute atomic E-state index is 0.576. The van der Waals surface area contributed by atoms with Crippen LogP contribution < -0.4 is 10.5 Å². The van der Waals surface area contributed by atoms with Crippen LogP contribution in [0.15, 0.2) is 24.3 Å². The van der Waals surface area contributed by atoms with Crippen LogP contribution >= 0.6 is 0 Å². The van der Waals surface area contributed by atoms with Crippen LogP contribution in [0.3, 0.4) is 0 Å². The lowest BCUT2D eigenvalue weighted by molar-refractivity contribution is 0.227. The fraction of sp³-hybridized carbons (Fsp3) is 0.625. The Labute approximate surface area is 115 Å². The molecule has 3 heteroatoms. The molecule has 0 aromatic heterocycles. The zero-order chi connectivity index (χ0) is 13.1. The van der Waals surface area contributed by atoms with Crippen molar-refractivity contribution in [2.75, 3.05) is 26.2 Å². The molecule has 1 aliphatic carbocycles. The van der Waals surface area contributed by atoms with E-state index in [1.807, 2.05) is 24.3 Å². The molecule has 3 nitrogen and oxygen atoms in total. The van der Waals surface area contributed by atoms with Crippen LogP contribution in [0.25, 0.3) is 0 Å². The van der Waals surface area contributed by atoms with Crippen molar-refractivity contribution in [3.8, 4) is 5.75 Å². The molecule has 0 radical (unpaired) electrons. The highest BCUT2D eigenvalue weighted by Crippen LogP contribution is 2.37. The van der Waals surface area contributed by atoms with Crippen molar-refractivity contribution in [3.63, 3.8) is 0 Å². The van der Waals surface area contributed by atoms with Crippen molar-refractivity contribution in [1.29, 1.82) is 0 Å². The summed E-state index contributed by atoms with van der Waals surface area (Å²) in [5.74, 6) is 2.89. The van der Waals surface area contributed by atoms with E-state index in [-0.39, 0.29) is 0 Å². The molecule has 104 valence electrons. The normalized spacial score (nSPS) is 26.6. The molecule has 2 fully saturated rings. The van der Waals surface area contributed by atoms with Gasteiger partial charge in [-0.1, -0.05) is 18.6 Å². The number of fused-ring (bicyclic) bond motifs is 1. The van der Waals surface area contributed by atoms with Gasteiger partial charge in [0.25, 0.3) is 0 Å². The van der Waals surface area contributed by atoms with Crippen LogP contribution in [0.4, 0.5) is 0 Å². The lowest BCUT2D eigenvalue weighted by atomic mass is 10.0. The highest BCUT2D eigenvalue weighted by Gasteiger charge is 2.35. The average molecular weight is 260 g/mol. The van der Waals surface area contributed by atoms with Gasteiger partial charge in [-0.25, -0.2) is 0 Å². The molecular formula is C16H24N2O. The fourth-order valence-corrected chi connectivity index (χ4v) is 3.57. The largest absolute Gasteiger partial charge is 0.492 e. The second kappa shape index (κ2) is 5.93. The molecular weight excluding hydrogens is 236 g/mol. The molecule has 2 atom stereocenters. The third-order valence-corrected chi connectivity index (χ3v) is 4.61. The summed E-state index contributed by atoms with van der Waals surface area (Å²) in [6.07, 6.45) is 4.34. The van der Waals surface area contributed by atoms with E-state index in [0.29, 0.717) is 6.54 Å².